The minimum atomic E-state index is -0.540. The number of nitriles is 1. The van der Waals surface area contributed by atoms with Gasteiger partial charge in [0.15, 0.2) is 5.13 Å². The first-order valence-electron chi connectivity index (χ1n) is 9.44. The van der Waals surface area contributed by atoms with Gasteiger partial charge in [0.25, 0.3) is 0 Å². The van der Waals surface area contributed by atoms with E-state index in [4.69, 9.17) is 20.7 Å². The van der Waals surface area contributed by atoms with Crippen LogP contribution >= 0.6 is 11.3 Å². The molecule has 2 aromatic rings. The fraction of sp³-hybridized carbons (Fsp3) is 0.429. The highest BCUT2D eigenvalue weighted by Gasteiger charge is 2.22. The molecule has 28 heavy (non-hydrogen) atoms. The van der Waals surface area contributed by atoms with E-state index in [-0.39, 0.29) is 17.5 Å². The summed E-state index contributed by atoms with van der Waals surface area (Å²) in [6.45, 7) is 3.12. The van der Waals surface area contributed by atoms with Crippen LogP contribution in [0, 0.1) is 34.9 Å². The smallest absolute Gasteiger partial charge is 0.187 e. The quantitative estimate of drug-likeness (QED) is 0.790. The number of benzene rings is 1. The molecule has 4 rings (SSSR count). The molecule has 2 N–H and O–H groups in total. The van der Waals surface area contributed by atoms with Crippen LogP contribution in [0.2, 0.25) is 0 Å². The van der Waals surface area contributed by atoms with E-state index in [1.165, 1.54) is 23.5 Å². The molecule has 1 unspecified atom stereocenters. The third-order valence-electron chi connectivity index (χ3n) is 5.11. The summed E-state index contributed by atoms with van der Waals surface area (Å²) >= 11 is 1.53. The van der Waals surface area contributed by atoms with Gasteiger partial charge in [-0.1, -0.05) is 29.2 Å². The van der Waals surface area contributed by atoms with Crippen LogP contribution in [-0.2, 0) is 4.74 Å². The Hall–Kier alpha value is -2.45. The van der Waals surface area contributed by atoms with Gasteiger partial charge in [-0.15, -0.1) is 0 Å². The maximum absolute atomic E-state index is 14.2. The maximum Gasteiger partial charge on any atom is 0.187 e. The van der Waals surface area contributed by atoms with Crippen molar-refractivity contribution in [2.24, 2.45) is 11.7 Å². The minimum absolute atomic E-state index is 0.0277. The highest BCUT2D eigenvalue weighted by molar-refractivity contribution is 7.16. The third kappa shape index (κ3) is 4.02. The molecular formula is C21H21FN4OS. The molecule has 0 spiro atoms. The van der Waals surface area contributed by atoms with E-state index in [9.17, 15) is 4.39 Å². The van der Waals surface area contributed by atoms with Crippen LogP contribution in [0.5, 0.6) is 0 Å². The highest BCUT2D eigenvalue weighted by Crippen LogP contribution is 2.34. The molecule has 1 aromatic heterocycles. The normalized spacial score (nSPS) is 19.9. The van der Waals surface area contributed by atoms with Crippen molar-refractivity contribution in [2.75, 3.05) is 31.2 Å². The molecule has 0 bridgehead atoms. The Labute approximate surface area is 167 Å². The number of halogens is 1. The number of hydrogen-bond acceptors (Lipinski definition) is 6. The zero-order valence-corrected chi connectivity index (χ0v) is 16.3. The van der Waals surface area contributed by atoms with Gasteiger partial charge in [-0.3, -0.25) is 0 Å². The van der Waals surface area contributed by atoms with Crippen LogP contribution < -0.4 is 10.6 Å². The predicted octanol–water partition coefficient (Wildman–Crippen LogP) is 3.14. The van der Waals surface area contributed by atoms with Gasteiger partial charge in [0.2, 0.25) is 0 Å². The first-order chi connectivity index (χ1) is 13.6. The molecule has 1 aromatic carbocycles. The number of anilines is 1. The van der Waals surface area contributed by atoms with E-state index < -0.39 is 5.82 Å². The monoisotopic (exact) mass is 396 g/mol. The van der Waals surface area contributed by atoms with Crippen LogP contribution in [0.1, 0.15) is 29.7 Å². The van der Waals surface area contributed by atoms with Crippen molar-refractivity contribution in [2.45, 2.75) is 25.3 Å². The van der Waals surface area contributed by atoms with Gasteiger partial charge in [-0.05, 0) is 31.4 Å². The Balaban J connectivity index is 1.70. The van der Waals surface area contributed by atoms with Gasteiger partial charge in [-0.25, -0.2) is 9.37 Å². The number of piperidine rings is 1. The number of thiazole rings is 1. The van der Waals surface area contributed by atoms with E-state index in [1.54, 1.807) is 6.07 Å². The minimum Gasteiger partial charge on any atom is -0.380 e. The fourth-order valence-corrected chi connectivity index (χ4v) is 4.39. The molecule has 2 saturated heterocycles. The van der Waals surface area contributed by atoms with Gasteiger partial charge in [0, 0.05) is 37.2 Å². The first-order valence-corrected chi connectivity index (χ1v) is 10.3. The third-order valence-corrected chi connectivity index (χ3v) is 6.14. The summed E-state index contributed by atoms with van der Waals surface area (Å²) in [6.07, 6.45) is 2.80. The van der Waals surface area contributed by atoms with Crippen LogP contribution in [0.25, 0.3) is 11.3 Å². The molecule has 0 saturated carbocycles. The number of ether oxygens (including phenoxy) is 1. The van der Waals surface area contributed by atoms with Gasteiger partial charge in [-0.2, -0.15) is 5.26 Å². The Morgan fingerprint density at radius 2 is 2.11 bits per heavy atom. The number of rotatable bonds is 2. The Morgan fingerprint density at radius 3 is 2.79 bits per heavy atom. The Morgan fingerprint density at radius 1 is 1.29 bits per heavy atom. The predicted molar refractivity (Wildman–Crippen MR) is 107 cm³/mol. The van der Waals surface area contributed by atoms with Gasteiger partial charge in [0.1, 0.15) is 16.8 Å². The second-order valence-electron chi connectivity index (χ2n) is 7.13. The van der Waals surface area contributed by atoms with E-state index in [0.29, 0.717) is 17.9 Å². The molecule has 2 aliphatic rings. The lowest BCUT2D eigenvalue weighted by Crippen LogP contribution is -2.39. The van der Waals surface area contributed by atoms with Crippen molar-refractivity contribution in [3.8, 4) is 29.2 Å². The van der Waals surface area contributed by atoms with Gasteiger partial charge in [0.05, 0.1) is 17.9 Å². The lowest BCUT2D eigenvalue weighted by atomic mass is 10.1. The summed E-state index contributed by atoms with van der Waals surface area (Å²) in [6, 6.07) is 6.69. The number of hydrogen-bond donors (Lipinski definition) is 1. The lowest BCUT2D eigenvalue weighted by Gasteiger charge is -2.29. The van der Waals surface area contributed by atoms with Crippen molar-refractivity contribution in [3.63, 3.8) is 0 Å². The number of nitrogens with zero attached hydrogens (tertiary/aromatic N) is 3. The fourth-order valence-electron chi connectivity index (χ4n) is 3.38. The summed E-state index contributed by atoms with van der Waals surface area (Å²) in [5, 5.41) is 9.87. The number of nitrogens with two attached hydrogens (primary N) is 1. The van der Waals surface area contributed by atoms with Gasteiger partial charge < -0.3 is 15.4 Å². The summed E-state index contributed by atoms with van der Waals surface area (Å²) < 4.78 is 19.6. The van der Waals surface area contributed by atoms with E-state index in [0.717, 1.165) is 49.0 Å². The largest absolute Gasteiger partial charge is 0.380 e. The van der Waals surface area contributed by atoms with Crippen LogP contribution in [0.15, 0.2) is 18.2 Å². The van der Waals surface area contributed by atoms with Gasteiger partial charge >= 0.3 is 0 Å². The lowest BCUT2D eigenvalue weighted by molar-refractivity contribution is 0.192. The van der Waals surface area contributed by atoms with E-state index in [1.807, 2.05) is 6.07 Å². The van der Waals surface area contributed by atoms with E-state index in [2.05, 4.69) is 16.7 Å². The van der Waals surface area contributed by atoms with Crippen molar-refractivity contribution < 1.29 is 9.13 Å². The molecule has 2 aliphatic heterocycles. The SMILES string of the molecule is N#Cc1ccc(-c2nc(N3CCC(N)CC3)sc2C#CC2CCOC2)cc1F. The summed E-state index contributed by atoms with van der Waals surface area (Å²) in [5.74, 6) is 6.22. The molecule has 0 aliphatic carbocycles. The first kappa shape index (κ1) is 18.9. The molecule has 5 nitrogen and oxygen atoms in total. The van der Waals surface area contributed by atoms with Crippen molar-refractivity contribution in [1.82, 2.24) is 4.98 Å². The molecule has 144 valence electrons. The molecule has 2 fully saturated rings. The molecule has 0 radical (unpaired) electrons. The molecule has 7 heteroatoms. The van der Waals surface area contributed by atoms with Crippen molar-refractivity contribution in [1.29, 1.82) is 5.26 Å². The van der Waals surface area contributed by atoms with Crippen molar-refractivity contribution >= 4 is 16.5 Å². The van der Waals surface area contributed by atoms with Crippen LogP contribution in [0.3, 0.4) is 0 Å². The van der Waals surface area contributed by atoms with Crippen LogP contribution in [0.4, 0.5) is 9.52 Å². The summed E-state index contributed by atoms with van der Waals surface area (Å²) in [7, 11) is 0. The Kier molecular flexibility index (Phi) is 5.59. The second kappa shape index (κ2) is 8.28. The van der Waals surface area contributed by atoms with Crippen molar-refractivity contribution in [3.05, 3.63) is 34.5 Å². The molecule has 0 amide bonds. The average molecular weight is 396 g/mol. The zero-order chi connectivity index (χ0) is 19.5. The number of aromatic nitrogens is 1. The standard InChI is InChI=1S/C21H21FN4OS/c22-18-11-15(2-3-16(18)12-23)20-19(4-1-14-7-10-27-13-14)28-21(25-20)26-8-5-17(24)6-9-26/h2-3,11,14,17H,5-10,13,24H2. The highest BCUT2D eigenvalue weighted by atomic mass is 32.1. The topological polar surface area (TPSA) is 75.2 Å². The van der Waals surface area contributed by atoms with E-state index >= 15 is 0 Å². The molecular weight excluding hydrogens is 375 g/mol. The summed E-state index contributed by atoms with van der Waals surface area (Å²) in [5.41, 5.74) is 7.35. The summed E-state index contributed by atoms with van der Waals surface area (Å²) in [4.78, 5) is 7.84. The maximum atomic E-state index is 14.2. The second-order valence-corrected chi connectivity index (χ2v) is 8.11. The average Bonchev–Trinajstić information content (AvgIpc) is 3.37. The molecule has 1 atom stereocenters. The molecule has 3 heterocycles. The Bertz CT molecular complexity index is 957. The van der Waals surface area contributed by atoms with Crippen LogP contribution in [-0.4, -0.2) is 37.3 Å². The zero-order valence-electron chi connectivity index (χ0n) is 15.4.